The number of halogens is 6. The number of urea groups is 1. The van der Waals surface area contributed by atoms with E-state index >= 15 is 0 Å². The lowest BCUT2D eigenvalue weighted by Gasteiger charge is -2.33. The molecule has 0 spiro atoms. The summed E-state index contributed by atoms with van der Waals surface area (Å²) in [5, 5.41) is 12.5. The Bertz CT molecular complexity index is 1530. The van der Waals surface area contributed by atoms with Gasteiger partial charge in [-0.1, -0.05) is 44.2 Å². The van der Waals surface area contributed by atoms with E-state index in [2.05, 4.69) is 5.32 Å². The third kappa shape index (κ3) is 6.71. The molecule has 1 aliphatic heterocycles. The zero-order valence-corrected chi connectivity index (χ0v) is 25.1. The van der Waals surface area contributed by atoms with Gasteiger partial charge in [0.15, 0.2) is 11.5 Å². The molecule has 0 aromatic heterocycles. The minimum atomic E-state index is -6.07. The van der Waals surface area contributed by atoms with E-state index in [1.165, 1.54) is 12.1 Å². The normalized spacial score (nSPS) is 17.2. The minimum absolute atomic E-state index is 0.0587. The van der Waals surface area contributed by atoms with Crippen LogP contribution in [0.15, 0.2) is 66.7 Å². The van der Waals surface area contributed by atoms with E-state index in [4.69, 9.17) is 14.2 Å². The average molecular weight is 655 g/mol. The lowest BCUT2D eigenvalue weighted by molar-refractivity contribution is -0.376. The predicted molar refractivity (Wildman–Crippen MR) is 153 cm³/mol. The van der Waals surface area contributed by atoms with Gasteiger partial charge >= 0.3 is 18.4 Å². The summed E-state index contributed by atoms with van der Waals surface area (Å²) in [5.74, 6) is -0.358. The number of carbonyl (C=O) groups is 2. The molecule has 46 heavy (non-hydrogen) atoms. The molecule has 1 heterocycles. The highest BCUT2D eigenvalue weighted by Gasteiger charge is 2.71. The van der Waals surface area contributed by atoms with Gasteiger partial charge in [0.1, 0.15) is 17.0 Å². The zero-order chi connectivity index (χ0) is 33.9. The van der Waals surface area contributed by atoms with Gasteiger partial charge in [-0.3, -0.25) is 9.69 Å². The van der Waals surface area contributed by atoms with Crippen molar-refractivity contribution in [2.24, 2.45) is 0 Å². The van der Waals surface area contributed by atoms with Crippen molar-refractivity contribution in [1.29, 1.82) is 0 Å². The van der Waals surface area contributed by atoms with Crippen LogP contribution < -0.4 is 19.5 Å². The van der Waals surface area contributed by atoms with Crippen LogP contribution in [0, 0.1) is 0 Å². The third-order valence-electron chi connectivity index (χ3n) is 7.32. The van der Waals surface area contributed by atoms with Crippen LogP contribution in [0.4, 0.5) is 31.1 Å². The number of imide groups is 1. The van der Waals surface area contributed by atoms with Gasteiger partial charge in [0.2, 0.25) is 0 Å². The van der Waals surface area contributed by atoms with Crippen LogP contribution in [0.2, 0.25) is 0 Å². The number of amides is 3. The van der Waals surface area contributed by atoms with Crippen molar-refractivity contribution in [3.05, 3.63) is 83.4 Å². The summed E-state index contributed by atoms with van der Waals surface area (Å²) in [6.07, 6.45) is -10.9. The van der Waals surface area contributed by atoms with Gasteiger partial charge in [-0.15, -0.1) is 0 Å². The summed E-state index contributed by atoms with van der Waals surface area (Å²) < 4.78 is 97.2. The molecule has 4 rings (SSSR count). The Morgan fingerprint density at radius 2 is 1.35 bits per heavy atom. The molecule has 14 heteroatoms. The van der Waals surface area contributed by atoms with Crippen molar-refractivity contribution in [3.8, 4) is 23.0 Å². The van der Waals surface area contributed by atoms with Crippen molar-refractivity contribution in [3.63, 3.8) is 0 Å². The van der Waals surface area contributed by atoms with Crippen molar-refractivity contribution in [1.82, 2.24) is 10.2 Å². The van der Waals surface area contributed by atoms with Gasteiger partial charge in [-0.25, -0.2) is 4.79 Å². The van der Waals surface area contributed by atoms with E-state index in [1.54, 1.807) is 50.2 Å². The molecule has 0 bridgehead atoms. The molecule has 0 saturated carbocycles. The number of nitrogens with zero attached hydrogens (tertiary/aromatic N) is 1. The molecule has 3 aromatic rings. The summed E-state index contributed by atoms with van der Waals surface area (Å²) in [6.45, 7) is 5.64. The predicted octanol–water partition coefficient (Wildman–Crippen LogP) is 7.34. The largest absolute Gasteiger partial charge is 0.494 e. The average Bonchev–Trinajstić information content (AvgIpc) is 3.22. The van der Waals surface area contributed by atoms with Crippen LogP contribution in [0.5, 0.6) is 23.0 Å². The monoisotopic (exact) mass is 654 g/mol. The summed E-state index contributed by atoms with van der Waals surface area (Å²) >= 11 is 0. The maximum atomic E-state index is 13.4. The van der Waals surface area contributed by atoms with Crippen molar-refractivity contribution in [2.75, 3.05) is 13.2 Å². The summed E-state index contributed by atoms with van der Waals surface area (Å²) in [6, 6.07) is 14.0. The number of alkyl halides is 6. The van der Waals surface area contributed by atoms with Crippen LogP contribution in [0.3, 0.4) is 0 Å². The van der Waals surface area contributed by atoms with Gasteiger partial charge in [-0.2, -0.15) is 26.3 Å². The summed E-state index contributed by atoms with van der Waals surface area (Å²) in [4.78, 5) is 27.2. The van der Waals surface area contributed by atoms with Crippen molar-refractivity contribution in [2.45, 2.75) is 63.7 Å². The quantitative estimate of drug-likeness (QED) is 0.157. The second-order valence-corrected chi connectivity index (χ2v) is 10.8. The first kappa shape index (κ1) is 34.4. The van der Waals surface area contributed by atoms with Gasteiger partial charge in [0.25, 0.3) is 11.5 Å². The number of nitrogens with one attached hydrogen (secondary N) is 1. The molecular weight excluding hydrogens is 622 g/mol. The summed E-state index contributed by atoms with van der Waals surface area (Å²) in [5.41, 5.74) is -6.83. The molecule has 0 radical (unpaired) electrons. The fraction of sp³-hybridized carbons (Fsp3) is 0.375. The van der Waals surface area contributed by atoms with E-state index in [-0.39, 0.29) is 24.7 Å². The molecule has 1 aliphatic rings. The van der Waals surface area contributed by atoms with Gasteiger partial charge in [0.05, 0.1) is 19.8 Å². The Kier molecular flexibility index (Phi) is 9.81. The first-order chi connectivity index (χ1) is 21.5. The highest BCUT2D eigenvalue weighted by molar-refractivity contribution is 6.07. The van der Waals surface area contributed by atoms with Gasteiger partial charge < -0.3 is 24.6 Å². The fourth-order valence-electron chi connectivity index (χ4n) is 4.74. The molecule has 1 fully saturated rings. The minimum Gasteiger partial charge on any atom is -0.494 e. The molecule has 1 saturated heterocycles. The number of hydrogen-bond acceptors (Lipinski definition) is 6. The van der Waals surface area contributed by atoms with Crippen LogP contribution >= 0.6 is 0 Å². The summed E-state index contributed by atoms with van der Waals surface area (Å²) in [7, 11) is 0. The number of hydrogen-bond donors (Lipinski definition) is 2. The van der Waals surface area contributed by atoms with E-state index in [9.17, 15) is 41.0 Å². The fourth-order valence-corrected chi connectivity index (χ4v) is 4.74. The Labute approximate surface area is 260 Å². The SMILES string of the molecule is CCCOc1ccc(C2(C)NC(=O)N(Cc3ccc(Oc4ccc(C(O)(C(F)(F)F)C(F)(F)F)cc4OCCC)cc3)C2=O)cc1. The molecule has 1 unspecified atom stereocenters. The Hall–Kier alpha value is -4.46. The Balaban J connectivity index is 1.51. The molecular formula is C32H32F6N2O6. The second kappa shape index (κ2) is 13.1. The Morgan fingerprint density at radius 1 is 0.783 bits per heavy atom. The molecule has 2 N–H and O–H groups in total. The smallest absolute Gasteiger partial charge is 0.430 e. The molecule has 3 aromatic carbocycles. The van der Waals surface area contributed by atoms with Crippen LogP contribution in [0.25, 0.3) is 0 Å². The van der Waals surface area contributed by atoms with E-state index in [0.717, 1.165) is 17.4 Å². The molecule has 1 atom stereocenters. The van der Waals surface area contributed by atoms with E-state index < -0.39 is 46.7 Å². The number of ether oxygens (including phenoxy) is 3. The number of carbonyl (C=O) groups excluding carboxylic acids is 2. The lowest BCUT2D eigenvalue weighted by Crippen LogP contribution is -2.53. The highest BCUT2D eigenvalue weighted by Crippen LogP contribution is 2.51. The standard InChI is InChI=1S/C32H32F6N2O6/c1-4-16-44-23-13-8-21(9-14-23)29(3)27(41)40(28(42)39-29)19-20-6-11-24(12-7-20)46-25-15-10-22(18-26(25)45-17-5-2)30(43,31(33,34)35)32(36,37)38/h6-15,18,43H,4-5,16-17,19H2,1-3H3,(H,39,42). The lowest BCUT2D eigenvalue weighted by atomic mass is 9.92. The van der Waals surface area contributed by atoms with Gasteiger partial charge in [-0.05, 0) is 67.3 Å². The van der Waals surface area contributed by atoms with E-state index in [1.807, 2.05) is 6.92 Å². The third-order valence-corrected chi connectivity index (χ3v) is 7.32. The Morgan fingerprint density at radius 3 is 1.91 bits per heavy atom. The van der Waals surface area contributed by atoms with Gasteiger partial charge in [0, 0.05) is 5.56 Å². The molecule has 8 nitrogen and oxygen atoms in total. The first-order valence-electron chi connectivity index (χ1n) is 14.3. The van der Waals surface area contributed by atoms with Crippen LogP contribution in [-0.4, -0.2) is 47.5 Å². The number of aliphatic hydroxyl groups is 1. The van der Waals surface area contributed by atoms with E-state index in [0.29, 0.717) is 42.0 Å². The van der Waals surface area contributed by atoms with Crippen LogP contribution in [0.1, 0.15) is 50.3 Å². The molecule has 248 valence electrons. The maximum absolute atomic E-state index is 13.4. The number of benzene rings is 3. The molecule has 3 amide bonds. The zero-order valence-electron chi connectivity index (χ0n) is 25.1. The van der Waals surface area contributed by atoms with Crippen molar-refractivity contribution < 1.29 is 55.2 Å². The topological polar surface area (TPSA) is 97.3 Å². The van der Waals surface area contributed by atoms with Crippen molar-refractivity contribution >= 4 is 11.9 Å². The highest BCUT2D eigenvalue weighted by atomic mass is 19.4. The first-order valence-corrected chi connectivity index (χ1v) is 14.3. The molecule has 0 aliphatic carbocycles. The maximum Gasteiger partial charge on any atom is 0.430 e. The number of rotatable bonds is 12. The van der Waals surface area contributed by atoms with Crippen LogP contribution in [-0.2, 0) is 22.5 Å². The second-order valence-electron chi connectivity index (χ2n) is 10.8.